The van der Waals surface area contributed by atoms with E-state index >= 15 is 0 Å². The van der Waals surface area contributed by atoms with Gasteiger partial charge in [-0.05, 0) is 18.6 Å². The van der Waals surface area contributed by atoms with Crippen LogP contribution in [0, 0.1) is 5.92 Å². The molecule has 0 amide bonds. The van der Waals surface area contributed by atoms with Gasteiger partial charge in [0.25, 0.3) is 5.56 Å². The number of hydrogen-bond acceptors (Lipinski definition) is 5. The first kappa shape index (κ1) is 17.4. The summed E-state index contributed by atoms with van der Waals surface area (Å²) >= 11 is 0. The van der Waals surface area contributed by atoms with E-state index < -0.39 is 11.7 Å². The molecule has 0 radical (unpaired) electrons. The van der Waals surface area contributed by atoms with Gasteiger partial charge in [-0.15, -0.1) is 0 Å². The van der Waals surface area contributed by atoms with Gasteiger partial charge in [0.2, 0.25) is 0 Å². The van der Waals surface area contributed by atoms with E-state index in [0.29, 0.717) is 44.2 Å². The minimum Gasteiger partial charge on any atom is -0.379 e. The number of pyridine rings is 1. The predicted octanol–water partition coefficient (Wildman–Crippen LogP) is 1.88. The second kappa shape index (κ2) is 7.22. The molecule has 1 atom stereocenters. The number of ether oxygens (including phenoxy) is 1. The van der Waals surface area contributed by atoms with Crippen LogP contribution in [0.4, 0.5) is 19.0 Å². The van der Waals surface area contributed by atoms with Crippen molar-refractivity contribution in [1.82, 2.24) is 15.0 Å². The number of hydrogen-bond donors (Lipinski definition) is 1. The zero-order valence-corrected chi connectivity index (χ0v) is 13.3. The molecule has 2 aromatic heterocycles. The van der Waals surface area contributed by atoms with E-state index in [1.54, 1.807) is 0 Å². The molecule has 1 saturated heterocycles. The topological polar surface area (TPSA) is 71.1 Å². The first-order valence-corrected chi connectivity index (χ1v) is 7.81. The largest absolute Gasteiger partial charge is 0.417 e. The summed E-state index contributed by atoms with van der Waals surface area (Å²) in [5.74, 6) is 0.531. The maximum atomic E-state index is 12.7. The molecule has 3 rings (SSSR count). The van der Waals surface area contributed by atoms with Crippen LogP contribution in [-0.2, 0) is 17.3 Å². The Hall–Kier alpha value is -2.42. The Bertz CT molecular complexity index is 761. The Morgan fingerprint density at radius 3 is 2.84 bits per heavy atom. The molecule has 0 bridgehead atoms. The average molecular weight is 354 g/mol. The van der Waals surface area contributed by atoms with Crippen molar-refractivity contribution in [2.75, 3.05) is 31.2 Å². The van der Waals surface area contributed by atoms with E-state index in [1.807, 2.05) is 4.90 Å². The molecule has 1 aliphatic heterocycles. The molecule has 0 saturated carbocycles. The molecule has 25 heavy (non-hydrogen) atoms. The molecule has 0 unspecified atom stereocenters. The SMILES string of the molecule is O=c1cc(C[C@H]2COCCN(c3ccc(C(F)(F)F)cn3)C2)nc[nH]1. The van der Waals surface area contributed by atoms with Gasteiger partial charge in [-0.2, -0.15) is 13.2 Å². The van der Waals surface area contributed by atoms with Crippen LogP contribution in [0.5, 0.6) is 0 Å². The number of alkyl halides is 3. The lowest BCUT2D eigenvalue weighted by atomic mass is 10.0. The van der Waals surface area contributed by atoms with Crippen molar-refractivity contribution in [3.8, 4) is 0 Å². The van der Waals surface area contributed by atoms with Crippen LogP contribution >= 0.6 is 0 Å². The number of anilines is 1. The lowest BCUT2D eigenvalue weighted by molar-refractivity contribution is -0.137. The quantitative estimate of drug-likeness (QED) is 0.911. The van der Waals surface area contributed by atoms with Gasteiger partial charge >= 0.3 is 6.18 Å². The van der Waals surface area contributed by atoms with Gasteiger partial charge in [0.05, 0.1) is 25.1 Å². The summed E-state index contributed by atoms with van der Waals surface area (Å²) in [7, 11) is 0. The Kier molecular flexibility index (Phi) is 5.03. The minimum atomic E-state index is -4.40. The third kappa shape index (κ3) is 4.56. The molecule has 0 aliphatic carbocycles. The summed E-state index contributed by atoms with van der Waals surface area (Å²) in [6.45, 7) is 2.05. The van der Waals surface area contributed by atoms with Gasteiger partial charge in [0.15, 0.2) is 0 Å². The summed E-state index contributed by atoms with van der Waals surface area (Å²) in [6.07, 6.45) is -1.66. The summed E-state index contributed by atoms with van der Waals surface area (Å²) in [4.78, 5) is 23.8. The molecule has 9 heteroatoms. The van der Waals surface area contributed by atoms with Crippen molar-refractivity contribution < 1.29 is 17.9 Å². The Morgan fingerprint density at radius 1 is 1.32 bits per heavy atom. The predicted molar refractivity (Wildman–Crippen MR) is 84.3 cm³/mol. The Morgan fingerprint density at radius 2 is 2.16 bits per heavy atom. The average Bonchev–Trinajstić information content (AvgIpc) is 2.80. The first-order chi connectivity index (χ1) is 11.9. The highest BCUT2D eigenvalue weighted by Gasteiger charge is 2.31. The fraction of sp³-hybridized carbons (Fsp3) is 0.438. The fourth-order valence-electron chi connectivity index (χ4n) is 2.77. The van der Waals surface area contributed by atoms with Crippen molar-refractivity contribution >= 4 is 5.82 Å². The summed E-state index contributed by atoms with van der Waals surface area (Å²) in [5, 5.41) is 0. The second-order valence-corrected chi connectivity index (χ2v) is 5.90. The van der Waals surface area contributed by atoms with Crippen LogP contribution in [0.2, 0.25) is 0 Å². The Balaban J connectivity index is 1.72. The fourth-order valence-corrected chi connectivity index (χ4v) is 2.77. The smallest absolute Gasteiger partial charge is 0.379 e. The van der Waals surface area contributed by atoms with Gasteiger partial charge in [-0.3, -0.25) is 4.79 Å². The first-order valence-electron chi connectivity index (χ1n) is 7.81. The van der Waals surface area contributed by atoms with Crippen LogP contribution in [0.1, 0.15) is 11.3 Å². The second-order valence-electron chi connectivity index (χ2n) is 5.90. The zero-order valence-electron chi connectivity index (χ0n) is 13.3. The number of aromatic amines is 1. The monoisotopic (exact) mass is 354 g/mol. The van der Waals surface area contributed by atoms with Gasteiger partial charge in [-0.25, -0.2) is 9.97 Å². The molecule has 0 aromatic carbocycles. The van der Waals surface area contributed by atoms with Crippen molar-refractivity contribution in [3.05, 3.63) is 52.3 Å². The number of halogens is 3. The minimum absolute atomic E-state index is 0.0564. The highest BCUT2D eigenvalue weighted by Crippen LogP contribution is 2.29. The molecule has 2 aromatic rings. The molecule has 3 heterocycles. The van der Waals surface area contributed by atoms with E-state index in [4.69, 9.17) is 4.74 Å². The number of H-pyrrole nitrogens is 1. The third-order valence-electron chi connectivity index (χ3n) is 3.97. The van der Waals surface area contributed by atoms with E-state index in [9.17, 15) is 18.0 Å². The van der Waals surface area contributed by atoms with Crippen LogP contribution in [0.15, 0.2) is 35.5 Å². The number of nitrogens with zero attached hydrogens (tertiary/aromatic N) is 3. The summed E-state index contributed by atoms with van der Waals surface area (Å²) < 4.78 is 43.5. The molecular weight excluding hydrogens is 337 g/mol. The van der Waals surface area contributed by atoms with E-state index in [-0.39, 0.29) is 11.5 Å². The Labute approximate surface area is 141 Å². The molecule has 1 aliphatic rings. The van der Waals surface area contributed by atoms with Gasteiger partial charge < -0.3 is 14.6 Å². The number of aromatic nitrogens is 3. The standard InChI is InChI=1S/C16H17F3N4O2/c17-16(18,19)12-1-2-14(20-7-12)23-3-4-25-9-11(8-23)5-13-6-15(24)22-10-21-13/h1-2,6-7,10-11H,3-5,8-9H2,(H,21,22,24)/t11-/m1/s1. The molecular formula is C16H17F3N4O2. The lowest BCUT2D eigenvalue weighted by Crippen LogP contribution is -2.31. The van der Waals surface area contributed by atoms with Crippen molar-refractivity contribution in [2.45, 2.75) is 12.6 Å². The summed E-state index contributed by atoms with van der Waals surface area (Å²) in [5.41, 5.74) is -0.341. The lowest BCUT2D eigenvalue weighted by Gasteiger charge is -2.24. The molecule has 0 spiro atoms. The maximum absolute atomic E-state index is 12.7. The maximum Gasteiger partial charge on any atom is 0.417 e. The van der Waals surface area contributed by atoms with Crippen LogP contribution in [0.25, 0.3) is 0 Å². The van der Waals surface area contributed by atoms with Crippen LogP contribution < -0.4 is 10.5 Å². The molecule has 6 nitrogen and oxygen atoms in total. The van der Waals surface area contributed by atoms with E-state index in [2.05, 4.69) is 15.0 Å². The van der Waals surface area contributed by atoms with Gasteiger partial charge in [0, 0.05) is 37.0 Å². The van der Waals surface area contributed by atoms with Gasteiger partial charge in [-0.1, -0.05) is 0 Å². The normalized spacial score (nSPS) is 18.8. The number of nitrogens with one attached hydrogen (secondary N) is 1. The third-order valence-corrected chi connectivity index (χ3v) is 3.97. The van der Waals surface area contributed by atoms with Crippen LogP contribution in [0.3, 0.4) is 0 Å². The van der Waals surface area contributed by atoms with E-state index in [1.165, 1.54) is 18.5 Å². The van der Waals surface area contributed by atoms with Crippen molar-refractivity contribution in [3.63, 3.8) is 0 Å². The summed E-state index contributed by atoms with van der Waals surface area (Å²) in [6, 6.07) is 3.84. The highest BCUT2D eigenvalue weighted by atomic mass is 19.4. The molecule has 134 valence electrons. The highest BCUT2D eigenvalue weighted by molar-refractivity contribution is 5.40. The zero-order chi connectivity index (χ0) is 17.9. The molecule has 1 N–H and O–H groups in total. The van der Waals surface area contributed by atoms with E-state index in [0.717, 1.165) is 12.3 Å². The van der Waals surface area contributed by atoms with Crippen LogP contribution in [-0.4, -0.2) is 41.3 Å². The van der Waals surface area contributed by atoms with Crippen molar-refractivity contribution in [2.24, 2.45) is 5.92 Å². The number of rotatable bonds is 3. The molecule has 1 fully saturated rings. The van der Waals surface area contributed by atoms with Gasteiger partial charge in [0.1, 0.15) is 5.82 Å². The van der Waals surface area contributed by atoms with Crippen molar-refractivity contribution in [1.29, 1.82) is 0 Å².